The van der Waals surface area contributed by atoms with Gasteiger partial charge in [0.1, 0.15) is 0 Å². The van der Waals surface area contributed by atoms with Gasteiger partial charge in [0.25, 0.3) is 0 Å². The minimum absolute atomic E-state index is 0.227. The van der Waals surface area contributed by atoms with Crippen LogP contribution < -0.4 is 10.5 Å². The summed E-state index contributed by atoms with van der Waals surface area (Å²) in [7, 11) is 0. The zero-order chi connectivity index (χ0) is 13.1. The lowest BCUT2D eigenvalue weighted by atomic mass is 10.2. The second-order valence-corrected chi connectivity index (χ2v) is 3.50. The molecule has 0 spiro atoms. The average Bonchev–Trinajstić information content (AvgIpc) is 2.32. The molecule has 0 fully saturated rings. The molecular weight excluding hydrogens is 263 g/mol. The number of halogens is 2. The van der Waals surface area contributed by atoms with Crippen molar-refractivity contribution in [2.45, 2.75) is 0 Å². The average molecular weight is 269 g/mol. The number of primary amides is 1. The van der Waals surface area contributed by atoms with Gasteiger partial charge in [0, 0.05) is 18.0 Å². The van der Waals surface area contributed by atoms with Gasteiger partial charge >= 0.3 is 12.1 Å². The monoisotopic (exact) mass is 268 g/mol. The van der Waals surface area contributed by atoms with E-state index in [4.69, 9.17) is 17.3 Å². The fourth-order valence-corrected chi connectivity index (χ4v) is 1.31. The zero-order valence-electron chi connectivity index (χ0n) is 8.80. The van der Waals surface area contributed by atoms with Crippen molar-refractivity contribution >= 4 is 17.7 Å². The molecule has 2 rings (SSSR count). The van der Waals surface area contributed by atoms with Crippen LogP contribution in [-0.2, 0) is 0 Å². The molecule has 2 heterocycles. The van der Waals surface area contributed by atoms with E-state index >= 15 is 0 Å². The van der Waals surface area contributed by atoms with Crippen molar-refractivity contribution in [1.29, 1.82) is 0 Å². The lowest BCUT2D eigenvalue weighted by Crippen LogP contribution is -2.17. The number of nitrogens with zero attached hydrogens (tertiary/aromatic N) is 3. The standard InChI is InChI=1S/C10H6ClFN4O2/c11-8-6(12)3-5(4-15-8)7-1-2-14-10(16-7)18-9(13)17/h1-4H,(H2,13,17). The number of ether oxygens (including phenoxy) is 1. The van der Waals surface area contributed by atoms with E-state index < -0.39 is 11.9 Å². The molecule has 0 aliphatic heterocycles. The maximum absolute atomic E-state index is 13.2. The van der Waals surface area contributed by atoms with Crippen molar-refractivity contribution in [1.82, 2.24) is 15.0 Å². The molecule has 2 aromatic rings. The maximum Gasteiger partial charge on any atom is 0.412 e. The first-order chi connectivity index (χ1) is 8.56. The van der Waals surface area contributed by atoms with E-state index in [-0.39, 0.29) is 11.2 Å². The first kappa shape index (κ1) is 12.2. The molecule has 0 saturated heterocycles. The summed E-state index contributed by atoms with van der Waals surface area (Å²) in [5, 5.41) is -0.235. The van der Waals surface area contributed by atoms with Gasteiger partial charge in [-0.15, -0.1) is 0 Å². The summed E-state index contributed by atoms with van der Waals surface area (Å²) in [4.78, 5) is 21.7. The van der Waals surface area contributed by atoms with Crippen molar-refractivity contribution < 1.29 is 13.9 Å². The predicted octanol–water partition coefficient (Wildman–Crippen LogP) is 1.79. The molecule has 2 N–H and O–H groups in total. The van der Waals surface area contributed by atoms with Crippen LogP contribution >= 0.6 is 11.6 Å². The first-order valence-electron chi connectivity index (χ1n) is 4.68. The van der Waals surface area contributed by atoms with E-state index in [9.17, 15) is 9.18 Å². The second kappa shape index (κ2) is 4.92. The largest absolute Gasteiger partial charge is 0.412 e. The summed E-state index contributed by atoms with van der Waals surface area (Å²) < 4.78 is 17.7. The van der Waals surface area contributed by atoms with Gasteiger partial charge < -0.3 is 10.5 Å². The van der Waals surface area contributed by atoms with Crippen LogP contribution in [0.15, 0.2) is 24.5 Å². The summed E-state index contributed by atoms with van der Waals surface area (Å²) in [6.45, 7) is 0. The maximum atomic E-state index is 13.2. The molecule has 1 amide bonds. The number of hydrogen-bond donors (Lipinski definition) is 1. The Morgan fingerprint density at radius 1 is 1.44 bits per heavy atom. The zero-order valence-corrected chi connectivity index (χ0v) is 9.56. The van der Waals surface area contributed by atoms with E-state index in [2.05, 4.69) is 19.7 Å². The molecule has 0 aromatic carbocycles. The van der Waals surface area contributed by atoms with Crippen LogP contribution in [0, 0.1) is 5.82 Å². The van der Waals surface area contributed by atoms with Crippen LogP contribution in [0.3, 0.4) is 0 Å². The van der Waals surface area contributed by atoms with E-state index in [1.54, 1.807) is 0 Å². The molecule has 0 radical (unpaired) electrons. The SMILES string of the molecule is NC(=O)Oc1nccc(-c2cnc(Cl)c(F)c2)n1. The van der Waals surface area contributed by atoms with Crippen LogP contribution in [0.4, 0.5) is 9.18 Å². The second-order valence-electron chi connectivity index (χ2n) is 3.14. The highest BCUT2D eigenvalue weighted by atomic mass is 35.5. The van der Waals surface area contributed by atoms with Gasteiger partial charge in [0.05, 0.1) is 5.69 Å². The topological polar surface area (TPSA) is 91.0 Å². The Hall–Kier alpha value is -2.28. The van der Waals surface area contributed by atoms with E-state index in [1.165, 1.54) is 18.5 Å². The van der Waals surface area contributed by atoms with Gasteiger partial charge in [-0.25, -0.2) is 19.2 Å². The Balaban J connectivity index is 2.38. The van der Waals surface area contributed by atoms with Gasteiger partial charge in [-0.3, -0.25) is 0 Å². The summed E-state index contributed by atoms with van der Waals surface area (Å²) >= 11 is 5.46. The third-order valence-corrected chi connectivity index (χ3v) is 2.20. The summed E-state index contributed by atoms with van der Waals surface area (Å²) in [6, 6.07) is 2.43. The molecule has 0 bridgehead atoms. The number of carbonyl (C=O) groups is 1. The Morgan fingerprint density at radius 2 is 2.22 bits per heavy atom. The Bertz CT molecular complexity index is 608. The predicted molar refractivity (Wildman–Crippen MR) is 60.4 cm³/mol. The summed E-state index contributed by atoms with van der Waals surface area (Å²) in [5.41, 5.74) is 5.52. The molecule has 0 atom stereocenters. The van der Waals surface area contributed by atoms with Gasteiger partial charge in [0.2, 0.25) is 0 Å². The quantitative estimate of drug-likeness (QED) is 0.839. The number of amides is 1. The van der Waals surface area contributed by atoms with Crippen molar-refractivity contribution in [2.24, 2.45) is 5.73 Å². The van der Waals surface area contributed by atoms with E-state index in [1.807, 2.05) is 0 Å². The van der Waals surface area contributed by atoms with Crippen molar-refractivity contribution in [2.75, 3.05) is 0 Å². The van der Waals surface area contributed by atoms with Crippen molar-refractivity contribution in [3.05, 3.63) is 35.5 Å². The van der Waals surface area contributed by atoms with Crippen molar-refractivity contribution in [3.8, 4) is 17.3 Å². The highest BCUT2D eigenvalue weighted by Gasteiger charge is 2.08. The van der Waals surface area contributed by atoms with Gasteiger partial charge in [-0.2, -0.15) is 4.98 Å². The lowest BCUT2D eigenvalue weighted by Gasteiger charge is -2.03. The first-order valence-corrected chi connectivity index (χ1v) is 5.06. The summed E-state index contributed by atoms with van der Waals surface area (Å²) in [5.74, 6) is -0.676. The molecule has 0 saturated carbocycles. The van der Waals surface area contributed by atoms with Crippen LogP contribution in [-0.4, -0.2) is 21.0 Å². The van der Waals surface area contributed by atoms with Crippen molar-refractivity contribution in [3.63, 3.8) is 0 Å². The van der Waals surface area contributed by atoms with Gasteiger partial charge in [0.15, 0.2) is 11.0 Å². The number of aromatic nitrogens is 3. The van der Waals surface area contributed by atoms with E-state index in [0.717, 1.165) is 6.07 Å². The molecule has 0 aliphatic carbocycles. The molecule has 2 aromatic heterocycles. The lowest BCUT2D eigenvalue weighted by molar-refractivity contribution is 0.207. The van der Waals surface area contributed by atoms with Gasteiger partial charge in [-0.1, -0.05) is 11.6 Å². The minimum Gasteiger partial charge on any atom is -0.374 e. The number of hydrogen-bond acceptors (Lipinski definition) is 5. The van der Waals surface area contributed by atoms with Crippen LogP contribution in [0.5, 0.6) is 6.01 Å². The fourth-order valence-electron chi connectivity index (χ4n) is 1.20. The Morgan fingerprint density at radius 3 is 2.89 bits per heavy atom. The molecule has 18 heavy (non-hydrogen) atoms. The molecular formula is C10H6ClFN4O2. The molecule has 0 aliphatic rings. The number of rotatable bonds is 2. The van der Waals surface area contributed by atoms with Gasteiger partial charge in [-0.05, 0) is 12.1 Å². The highest BCUT2D eigenvalue weighted by molar-refractivity contribution is 6.29. The minimum atomic E-state index is -1.03. The molecule has 0 unspecified atom stereocenters. The Kier molecular flexibility index (Phi) is 3.33. The normalized spacial score (nSPS) is 10.1. The molecule has 92 valence electrons. The number of nitrogens with two attached hydrogens (primary N) is 1. The van der Waals surface area contributed by atoms with Crippen LogP contribution in [0.2, 0.25) is 5.15 Å². The highest BCUT2D eigenvalue weighted by Crippen LogP contribution is 2.21. The number of carbonyl (C=O) groups excluding carboxylic acids is 1. The van der Waals surface area contributed by atoms with Crippen LogP contribution in [0.25, 0.3) is 11.3 Å². The van der Waals surface area contributed by atoms with E-state index in [0.29, 0.717) is 11.3 Å². The third kappa shape index (κ3) is 2.69. The number of pyridine rings is 1. The summed E-state index contributed by atoms with van der Waals surface area (Å²) in [6.07, 6.45) is 1.64. The molecule has 8 heteroatoms. The molecule has 6 nitrogen and oxygen atoms in total. The smallest absolute Gasteiger partial charge is 0.374 e. The Labute approximate surface area is 106 Å². The third-order valence-electron chi connectivity index (χ3n) is 1.92. The van der Waals surface area contributed by atoms with Crippen LogP contribution in [0.1, 0.15) is 0 Å². The fraction of sp³-hybridized carbons (Fsp3) is 0.